The van der Waals surface area contributed by atoms with E-state index in [1.807, 2.05) is 19.6 Å². The Labute approximate surface area is 99.7 Å². The summed E-state index contributed by atoms with van der Waals surface area (Å²) in [7, 11) is -1.73. The molecule has 6 heteroatoms. The Hall–Kier alpha value is -1.01. The summed E-state index contributed by atoms with van der Waals surface area (Å²) in [5.41, 5.74) is 5.13. The van der Waals surface area contributed by atoms with Crippen molar-refractivity contribution in [2.24, 2.45) is 5.73 Å². The maximum atomic E-state index is 12.4. The minimum atomic E-state index is -4.42. The molecule has 0 fully saturated rings. The average molecular weight is 263 g/mol. The summed E-state index contributed by atoms with van der Waals surface area (Å²) in [4.78, 5) is 0. The van der Waals surface area contributed by atoms with Crippen LogP contribution in [0.2, 0.25) is 19.6 Å². The lowest BCUT2D eigenvalue weighted by Gasteiger charge is -2.20. The van der Waals surface area contributed by atoms with Crippen LogP contribution in [0.15, 0.2) is 24.3 Å². The van der Waals surface area contributed by atoms with Crippen LogP contribution in [-0.2, 0) is 0 Å². The molecule has 0 aliphatic rings. The topological polar surface area (TPSA) is 35.2 Å². The molecule has 0 heterocycles. The molecule has 0 spiro atoms. The average Bonchev–Trinajstić information content (AvgIpc) is 2.14. The van der Waals surface area contributed by atoms with Crippen LogP contribution in [0.25, 0.3) is 0 Å². The van der Waals surface area contributed by atoms with E-state index >= 15 is 0 Å². The number of benzene rings is 1. The fourth-order valence-corrected chi connectivity index (χ4v) is 2.13. The lowest BCUT2D eigenvalue weighted by atomic mass is 10.1. The summed E-state index contributed by atoms with van der Waals surface area (Å²) in [6.45, 7) is 6.01. The van der Waals surface area contributed by atoms with Crippen LogP contribution in [0.4, 0.5) is 13.2 Å². The van der Waals surface area contributed by atoms with Crippen LogP contribution in [0.3, 0.4) is 0 Å². The van der Waals surface area contributed by atoms with Crippen LogP contribution in [0, 0.1) is 0 Å². The SMILES string of the molecule is C[Si](C)(C)Oc1ccc([C@H](N)C(F)(F)F)cc1. The van der Waals surface area contributed by atoms with Crippen molar-refractivity contribution in [2.75, 3.05) is 0 Å². The molecule has 0 saturated heterocycles. The highest BCUT2D eigenvalue weighted by Crippen LogP contribution is 2.31. The second kappa shape index (κ2) is 4.70. The van der Waals surface area contributed by atoms with Crippen LogP contribution < -0.4 is 10.2 Å². The second-order valence-electron chi connectivity index (χ2n) is 4.80. The molecule has 0 unspecified atom stereocenters. The molecule has 17 heavy (non-hydrogen) atoms. The maximum Gasteiger partial charge on any atom is 0.407 e. The van der Waals surface area contributed by atoms with E-state index in [1.54, 1.807) is 0 Å². The Bertz CT molecular complexity index is 370. The first kappa shape index (κ1) is 14.0. The molecular formula is C11H16F3NOSi. The van der Waals surface area contributed by atoms with Crippen molar-refractivity contribution in [1.29, 1.82) is 0 Å². The molecule has 2 nitrogen and oxygen atoms in total. The van der Waals surface area contributed by atoms with Gasteiger partial charge in [0.05, 0.1) is 0 Å². The molecule has 0 bridgehead atoms. The van der Waals surface area contributed by atoms with E-state index in [2.05, 4.69) is 0 Å². The number of halogens is 3. The van der Waals surface area contributed by atoms with E-state index in [9.17, 15) is 13.2 Å². The highest BCUT2D eigenvalue weighted by molar-refractivity contribution is 6.70. The van der Waals surface area contributed by atoms with Gasteiger partial charge in [-0.05, 0) is 37.3 Å². The predicted octanol–water partition coefficient (Wildman–Crippen LogP) is 3.46. The number of alkyl halides is 3. The summed E-state index contributed by atoms with van der Waals surface area (Å²) >= 11 is 0. The van der Waals surface area contributed by atoms with Crippen molar-refractivity contribution >= 4 is 8.32 Å². The largest absolute Gasteiger partial charge is 0.544 e. The fourth-order valence-electron chi connectivity index (χ4n) is 1.29. The van der Waals surface area contributed by atoms with Gasteiger partial charge in [0.1, 0.15) is 11.8 Å². The molecule has 1 atom stereocenters. The van der Waals surface area contributed by atoms with Crippen molar-refractivity contribution < 1.29 is 17.6 Å². The van der Waals surface area contributed by atoms with Gasteiger partial charge in [0, 0.05) is 0 Å². The molecular weight excluding hydrogens is 247 g/mol. The smallest absolute Gasteiger partial charge is 0.407 e. The Morgan fingerprint density at radius 1 is 1.12 bits per heavy atom. The summed E-state index contributed by atoms with van der Waals surface area (Å²) in [5.74, 6) is 0.585. The van der Waals surface area contributed by atoms with Gasteiger partial charge < -0.3 is 10.2 Å². The normalized spacial score (nSPS) is 14.5. The number of nitrogens with two attached hydrogens (primary N) is 1. The van der Waals surface area contributed by atoms with Gasteiger partial charge in [-0.1, -0.05) is 12.1 Å². The van der Waals surface area contributed by atoms with Crippen molar-refractivity contribution in [1.82, 2.24) is 0 Å². The zero-order valence-electron chi connectivity index (χ0n) is 10.0. The Balaban J connectivity index is 2.82. The van der Waals surface area contributed by atoms with E-state index in [4.69, 9.17) is 10.2 Å². The Morgan fingerprint density at radius 2 is 1.59 bits per heavy atom. The van der Waals surface area contributed by atoms with E-state index in [-0.39, 0.29) is 5.56 Å². The lowest BCUT2D eigenvalue weighted by molar-refractivity contribution is -0.149. The van der Waals surface area contributed by atoms with Crippen molar-refractivity contribution in [3.8, 4) is 5.75 Å². The molecule has 0 aromatic heterocycles. The highest BCUT2D eigenvalue weighted by Gasteiger charge is 2.37. The van der Waals surface area contributed by atoms with Gasteiger partial charge in [0.15, 0.2) is 0 Å². The van der Waals surface area contributed by atoms with Gasteiger partial charge in [0.25, 0.3) is 0 Å². The highest BCUT2D eigenvalue weighted by atomic mass is 28.4. The zero-order chi connectivity index (χ0) is 13.3. The third-order valence-electron chi connectivity index (χ3n) is 2.02. The maximum absolute atomic E-state index is 12.4. The van der Waals surface area contributed by atoms with Crippen LogP contribution in [0.5, 0.6) is 5.75 Å². The summed E-state index contributed by atoms with van der Waals surface area (Å²) in [5, 5.41) is 0. The lowest BCUT2D eigenvalue weighted by Crippen LogP contribution is -2.30. The quantitative estimate of drug-likeness (QED) is 0.848. The number of hydrogen-bond acceptors (Lipinski definition) is 2. The molecule has 1 rings (SSSR count). The molecule has 0 aliphatic heterocycles. The minimum absolute atomic E-state index is 0.0421. The van der Waals surface area contributed by atoms with E-state index < -0.39 is 20.5 Å². The van der Waals surface area contributed by atoms with Gasteiger partial charge >= 0.3 is 6.18 Å². The molecule has 1 aromatic carbocycles. The monoisotopic (exact) mass is 263 g/mol. The molecule has 0 saturated carbocycles. The third-order valence-corrected chi connectivity index (χ3v) is 2.86. The Morgan fingerprint density at radius 3 is 1.94 bits per heavy atom. The number of rotatable bonds is 3. The van der Waals surface area contributed by atoms with E-state index in [1.165, 1.54) is 24.3 Å². The first-order chi connectivity index (χ1) is 7.59. The van der Waals surface area contributed by atoms with Gasteiger partial charge in [-0.15, -0.1) is 0 Å². The van der Waals surface area contributed by atoms with Gasteiger partial charge in [-0.3, -0.25) is 0 Å². The molecule has 96 valence electrons. The second-order valence-corrected chi connectivity index (χ2v) is 9.23. The van der Waals surface area contributed by atoms with Crippen molar-refractivity contribution in [2.45, 2.75) is 31.9 Å². The molecule has 0 amide bonds. The van der Waals surface area contributed by atoms with Crippen LogP contribution in [0.1, 0.15) is 11.6 Å². The van der Waals surface area contributed by atoms with Crippen molar-refractivity contribution in [3.05, 3.63) is 29.8 Å². The molecule has 1 aromatic rings. The van der Waals surface area contributed by atoms with E-state index in [0.717, 1.165) is 0 Å². The summed E-state index contributed by atoms with van der Waals surface area (Å²) in [6, 6.07) is 3.82. The standard InChI is InChI=1S/C11H16F3NOSi/c1-17(2,3)16-9-6-4-8(5-7-9)10(15)11(12,13)14/h4-7,10H,15H2,1-3H3/t10-/m0/s1. The van der Waals surface area contributed by atoms with E-state index in [0.29, 0.717) is 5.75 Å². The van der Waals surface area contributed by atoms with Gasteiger partial charge in [-0.2, -0.15) is 13.2 Å². The first-order valence-electron chi connectivity index (χ1n) is 5.21. The summed E-state index contributed by atoms with van der Waals surface area (Å²) in [6.07, 6.45) is -4.42. The third kappa shape index (κ3) is 4.39. The predicted molar refractivity (Wildman–Crippen MR) is 63.4 cm³/mol. The molecule has 0 aliphatic carbocycles. The zero-order valence-corrected chi connectivity index (χ0v) is 11.0. The van der Waals surface area contributed by atoms with Gasteiger partial charge in [0.2, 0.25) is 8.32 Å². The number of hydrogen-bond donors (Lipinski definition) is 1. The van der Waals surface area contributed by atoms with Crippen molar-refractivity contribution in [3.63, 3.8) is 0 Å². The fraction of sp³-hybridized carbons (Fsp3) is 0.455. The Kier molecular flexibility index (Phi) is 3.88. The molecule has 2 N–H and O–H groups in total. The first-order valence-corrected chi connectivity index (χ1v) is 8.62. The minimum Gasteiger partial charge on any atom is -0.544 e. The summed E-state index contributed by atoms with van der Waals surface area (Å²) < 4.78 is 42.7. The van der Waals surface area contributed by atoms with Crippen LogP contribution >= 0.6 is 0 Å². The van der Waals surface area contributed by atoms with Crippen LogP contribution in [-0.4, -0.2) is 14.5 Å². The van der Waals surface area contributed by atoms with Gasteiger partial charge in [-0.25, -0.2) is 0 Å². The molecule has 0 radical (unpaired) electrons.